The molecule has 2 unspecified atom stereocenters. The highest BCUT2D eigenvalue weighted by molar-refractivity contribution is 5.91. The molecule has 0 aromatic rings. The Morgan fingerprint density at radius 3 is 2.79 bits per heavy atom. The van der Waals surface area contributed by atoms with E-state index in [0.717, 1.165) is 19.3 Å². The fourth-order valence-electron chi connectivity index (χ4n) is 1.56. The Hall–Kier alpha value is -0.900. The van der Waals surface area contributed by atoms with Gasteiger partial charge in [-0.15, -0.1) is 0 Å². The largest absolute Gasteiger partial charge is 0.345 e. The van der Waals surface area contributed by atoms with Gasteiger partial charge in [0.25, 0.3) is 0 Å². The molecule has 0 spiro atoms. The minimum atomic E-state index is -0.243. The lowest BCUT2D eigenvalue weighted by atomic mass is 9.94. The second-order valence-corrected chi connectivity index (χ2v) is 3.78. The van der Waals surface area contributed by atoms with E-state index < -0.39 is 0 Å². The van der Waals surface area contributed by atoms with Crippen molar-refractivity contribution in [2.24, 2.45) is 0 Å². The lowest BCUT2D eigenvalue weighted by Gasteiger charge is -2.23. The highest BCUT2D eigenvalue weighted by atomic mass is 16.2. The van der Waals surface area contributed by atoms with Crippen LogP contribution in [0.15, 0.2) is 0 Å². The summed E-state index contributed by atoms with van der Waals surface area (Å²) in [6.45, 7) is 1.78. The van der Waals surface area contributed by atoms with Gasteiger partial charge in [0.1, 0.15) is 0 Å². The molecule has 1 saturated carbocycles. The quantitative estimate of drug-likeness (QED) is 0.682. The van der Waals surface area contributed by atoms with Crippen LogP contribution in [-0.4, -0.2) is 30.8 Å². The highest BCUT2D eigenvalue weighted by Gasteiger charge is 2.24. The summed E-state index contributed by atoms with van der Waals surface area (Å²) >= 11 is 0. The summed E-state index contributed by atoms with van der Waals surface area (Å²) in [5.74, 6) is 0.0839. The maximum absolute atomic E-state index is 11.5. The normalized spacial score (nSPS) is 24.4. The number of likely N-dealkylation sites (N-methyl/N-ethyl adjacent to an activating group) is 1. The first kappa shape index (κ1) is 11.2. The topological polar surface area (TPSA) is 58.2 Å². The van der Waals surface area contributed by atoms with Crippen LogP contribution in [0.1, 0.15) is 32.6 Å². The predicted octanol–water partition coefficient (Wildman–Crippen LogP) is 0.222. The third-order valence-electron chi connectivity index (χ3n) is 2.70. The summed E-state index contributed by atoms with van der Waals surface area (Å²) in [4.78, 5) is 22.9. The molecule has 2 N–H and O–H groups in total. The monoisotopic (exact) mass is 198 g/mol. The van der Waals surface area contributed by atoms with Gasteiger partial charge in [0.2, 0.25) is 5.91 Å². The average Bonchev–Trinajstić information content (AvgIpc) is 2.20. The third kappa shape index (κ3) is 2.80. The molecule has 4 heteroatoms. The van der Waals surface area contributed by atoms with Crippen LogP contribution < -0.4 is 10.6 Å². The summed E-state index contributed by atoms with van der Waals surface area (Å²) in [5.41, 5.74) is 0. The molecule has 0 radical (unpaired) electrons. The molecular formula is C10H18N2O2. The minimum absolute atomic E-state index is 0.0900. The molecular weight excluding hydrogens is 180 g/mol. The van der Waals surface area contributed by atoms with Crippen molar-refractivity contribution in [2.45, 2.75) is 44.7 Å². The fraction of sp³-hybridized carbons (Fsp3) is 0.800. The van der Waals surface area contributed by atoms with Crippen LogP contribution in [0, 0.1) is 0 Å². The molecule has 0 aromatic heterocycles. The Morgan fingerprint density at radius 1 is 1.50 bits per heavy atom. The fourth-order valence-corrected chi connectivity index (χ4v) is 1.56. The SMILES string of the molecule is CNC(C)C(=O)NC1CCCCC1=O. The molecule has 14 heavy (non-hydrogen) atoms. The number of carbonyl (C=O) groups is 2. The van der Waals surface area contributed by atoms with Gasteiger partial charge in [0.15, 0.2) is 5.78 Å². The molecule has 0 heterocycles. The molecule has 1 fully saturated rings. The standard InChI is InChI=1S/C10H18N2O2/c1-7(11-2)10(14)12-8-5-3-4-6-9(8)13/h7-8,11H,3-6H2,1-2H3,(H,12,14). The zero-order chi connectivity index (χ0) is 10.6. The summed E-state index contributed by atoms with van der Waals surface area (Å²) in [6.07, 6.45) is 3.40. The smallest absolute Gasteiger partial charge is 0.237 e. The van der Waals surface area contributed by atoms with Crippen LogP contribution in [0.2, 0.25) is 0 Å². The van der Waals surface area contributed by atoms with Gasteiger partial charge in [0, 0.05) is 6.42 Å². The van der Waals surface area contributed by atoms with Crippen molar-refractivity contribution >= 4 is 11.7 Å². The van der Waals surface area contributed by atoms with Crippen LogP contribution in [0.25, 0.3) is 0 Å². The van der Waals surface area contributed by atoms with Crippen molar-refractivity contribution in [3.05, 3.63) is 0 Å². The summed E-state index contributed by atoms with van der Waals surface area (Å²) in [5, 5.41) is 5.61. The number of Topliss-reactive ketones (excluding diaryl/α,β-unsaturated/α-hetero) is 1. The van der Waals surface area contributed by atoms with Crippen molar-refractivity contribution in [3.8, 4) is 0 Å². The van der Waals surface area contributed by atoms with Crippen LogP contribution in [0.4, 0.5) is 0 Å². The molecule has 1 aliphatic carbocycles. The van der Waals surface area contributed by atoms with Crippen LogP contribution in [-0.2, 0) is 9.59 Å². The Labute approximate surface area is 84.4 Å². The zero-order valence-electron chi connectivity index (χ0n) is 8.80. The van der Waals surface area contributed by atoms with Crippen LogP contribution >= 0.6 is 0 Å². The second-order valence-electron chi connectivity index (χ2n) is 3.78. The predicted molar refractivity (Wildman–Crippen MR) is 53.9 cm³/mol. The number of hydrogen-bond acceptors (Lipinski definition) is 3. The molecule has 0 aliphatic heterocycles. The first-order chi connectivity index (χ1) is 6.65. The van der Waals surface area contributed by atoms with Crippen molar-refractivity contribution < 1.29 is 9.59 Å². The van der Waals surface area contributed by atoms with E-state index >= 15 is 0 Å². The van der Waals surface area contributed by atoms with E-state index in [0.29, 0.717) is 6.42 Å². The molecule has 0 saturated heterocycles. The molecule has 0 bridgehead atoms. The lowest BCUT2D eigenvalue weighted by molar-refractivity contribution is -0.129. The first-order valence-electron chi connectivity index (χ1n) is 5.15. The molecule has 1 aliphatic rings. The van der Waals surface area contributed by atoms with Crippen LogP contribution in [0.3, 0.4) is 0 Å². The zero-order valence-corrected chi connectivity index (χ0v) is 8.80. The van der Waals surface area contributed by atoms with Gasteiger partial charge in [-0.1, -0.05) is 6.42 Å². The van der Waals surface area contributed by atoms with Crippen molar-refractivity contribution in [1.82, 2.24) is 10.6 Å². The highest BCUT2D eigenvalue weighted by Crippen LogP contribution is 2.14. The number of rotatable bonds is 3. The van der Waals surface area contributed by atoms with Crippen molar-refractivity contribution in [2.75, 3.05) is 7.05 Å². The van der Waals surface area contributed by atoms with Crippen LogP contribution in [0.5, 0.6) is 0 Å². The molecule has 1 rings (SSSR count). The van der Waals surface area contributed by atoms with Gasteiger partial charge < -0.3 is 10.6 Å². The van der Waals surface area contributed by atoms with E-state index in [1.165, 1.54) is 0 Å². The van der Waals surface area contributed by atoms with Gasteiger partial charge >= 0.3 is 0 Å². The maximum atomic E-state index is 11.5. The molecule has 2 atom stereocenters. The van der Waals surface area contributed by atoms with Gasteiger partial charge in [-0.2, -0.15) is 0 Å². The molecule has 0 aromatic carbocycles. The number of nitrogens with one attached hydrogen (secondary N) is 2. The Kier molecular flexibility index (Phi) is 4.07. The van der Waals surface area contributed by atoms with E-state index in [1.807, 2.05) is 0 Å². The summed E-state index contributed by atoms with van der Waals surface area (Å²) < 4.78 is 0. The van der Waals surface area contributed by atoms with Gasteiger partial charge in [-0.05, 0) is 26.8 Å². The Balaban J connectivity index is 2.42. The summed E-state index contributed by atoms with van der Waals surface area (Å²) in [7, 11) is 1.73. The van der Waals surface area contributed by atoms with E-state index in [-0.39, 0.29) is 23.8 Å². The number of amides is 1. The van der Waals surface area contributed by atoms with Crippen molar-refractivity contribution in [1.29, 1.82) is 0 Å². The Morgan fingerprint density at radius 2 is 2.21 bits per heavy atom. The van der Waals surface area contributed by atoms with Gasteiger partial charge in [-0.3, -0.25) is 9.59 Å². The van der Waals surface area contributed by atoms with E-state index in [1.54, 1.807) is 14.0 Å². The number of ketones is 1. The molecule has 80 valence electrons. The van der Waals surface area contributed by atoms with Gasteiger partial charge in [0.05, 0.1) is 12.1 Å². The molecule has 1 amide bonds. The first-order valence-corrected chi connectivity index (χ1v) is 5.15. The van der Waals surface area contributed by atoms with E-state index in [2.05, 4.69) is 10.6 Å². The number of carbonyl (C=O) groups excluding carboxylic acids is 2. The number of hydrogen-bond donors (Lipinski definition) is 2. The summed E-state index contributed by atoms with van der Waals surface area (Å²) in [6, 6.07) is -0.475. The Bertz CT molecular complexity index is 228. The maximum Gasteiger partial charge on any atom is 0.237 e. The molecule has 4 nitrogen and oxygen atoms in total. The third-order valence-corrected chi connectivity index (χ3v) is 2.70. The van der Waals surface area contributed by atoms with Crippen molar-refractivity contribution in [3.63, 3.8) is 0 Å². The van der Waals surface area contributed by atoms with E-state index in [4.69, 9.17) is 0 Å². The minimum Gasteiger partial charge on any atom is -0.345 e. The lowest BCUT2D eigenvalue weighted by Crippen LogP contribution is -2.49. The average molecular weight is 198 g/mol. The second kappa shape index (κ2) is 5.10. The van der Waals surface area contributed by atoms with E-state index in [9.17, 15) is 9.59 Å². The van der Waals surface area contributed by atoms with Gasteiger partial charge in [-0.25, -0.2) is 0 Å².